The topological polar surface area (TPSA) is 41.8 Å². The summed E-state index contributed by atoms with van der Waals surface area (Å²) in [5, 5.41) is 12.0. The number of benzene rings is 1. The highest BCUT2D eigenvalue weighted by atomic mass is 16.5. The smallest absolute Gasteiger partial charge is 0.120 e. The Kier molecular flexibility index (Phi) is 4.24. The molecule has 3 nitrogen and oxygen atoms in total. The van der Waals surface area contributed by atoms with Gasteiger partial charge in [0.05, 0.1) is 11.8 Å². The molecule has 0 aromatic heterocycles. The maximum absolute atomic E-state index is 8.78. The van der Waals surface area contributed by atoms with E-state index in [4.69, 9.17) is 9.94 Å². The molecule has 1 fully saturated rings. The monoisotopic (exact) mass is 247 g/mol. The molecular formula is C15H21NO2. The highest BCUT2D eigenvalue weighted by Crippen LogP contribution is 2.27. The number of oxime groups is 1. The Morgan fingerprint density at radius 2 is 2.00 bits per heavy atom. The van der Waals surface area contributed by atoms with Gasteiger partial charge in [0.1, 0.15) is 5.75 Å². The zero-order valence-electron chi connectivity index (χ0n) is 11.1. The van der Waals surface area contributed by atoms with E-state index in [2.05, 4.69) is 12.1 Å². The molecule has 2 rings (SSSR count). The van der Waals surface area contributed by atoms with Crippen molar-refractivity contribution in [1.82, 2.24) is 0 Å². The summed E-state index contributed by atoms with van der Waals surface area (Å²) in [4.78, 5) is 0. The number of ether oxygens (including phenoxy) is 1. The van der Waals surface area contributed by atoms with Crippen LogP contribution in [0.5, 0.6) is 5.75 Å². The summed E-state index contributed by atoms with van der Waals surface area (Å²) in [5.74, 6) is 1.70. The molecular weight excluding hydrogens is 226 g/mol. The quantitative estimate of drug-likeness (QED) is 0.501. The van der Waals surface area contributed by atoms with E-state index in [1.54, 1.807) is 6.92 Å². The summed E-state index contributed by atoms with van der Waals surface area (Å²) in [6.45, 7) is 4.08. The summed E-state index contributed by atoms with van der Waals surface area (Å²) in [6, 6.07) is 7.76. The van der Waals surface area contributed by atoms with Crippen LogP contribution in [0.15, 0.2) is 29.4 Å². The summed E-state index contributed by atoms with van der Waals surface area (Å²) in [7, 11) is 0. The van der Waals surface area contributed by atoms with Crippen molar-refractivity contribution in [3.8, 4) is 5.75 Å². The second kappa shape index (κ2) is 5.89. The van der Waals surface area contributed by atoms with Crippen LogP contribution in [0.1, 0.15) is 45.1 Å². The van der Waals surface area contributed by atoms with E-state index in [0.29, 0.717) is 11.8 Å². The first-order valence-electron chi connectivity index (χ1n) is 6.65. The van der Waals surface area contributed by atoms with Crippen molar-refractivity contribution < 1.29 is 9.94 Å². The minimum absolute atomic E-state index is 0.336. The number of rotatable bonds is 3. The van der Waals surface area contributed by atoms with Crippen LogP contribution in [0.4, 0.5) is 0 Å². The van der Waals surface area contributed by atoms with Crippen LogP contribution in [-0.2, 0) is 0 Å². The molecule has 1 aromatic carbocycles. The molecule has 1 aromatic rings. The number of nitrogens with zero attached hydrogens (tertiary/aromatic N) is 1. The Morgan fingerprint density at radius 1 is 1.28 bits per heavy atom. The van der Waals surface area contributed by atoms with Crippen LogP contribution >= 0.6 is 0 Å². The van der Waals surface area contributed by atoms with Crippen molar-refractivity contribution in [3.05, 3.63) is 29.8 Å². The normalized spacial score (nSPS) is 24.9. The maximum atomic E-state index is 8.78. The molecule has 0 heterocycles. The van der Waals surface area contributed by atoms with Gasteiger partial charge < -0.3 is 9.94 Å². The SMILES string of the molecule is CC(=NO)c1cccc(OC2CCC(C)CC2)c1. The second-order valence-corrected chi connectivity index (χ2v) is 5.21. The van der Waals surface area contributed by atoms with Gasteiger partial charge in [-0.05, 0) is 50.7 Å². The van der Waals surface area contributed by atoms with Crippen LogP contribution in [-0.4, -0.2) is 17.0 Å². The predicted octanol–water partition coefficient (Wildman–Crippen LogP) is 3.84. The first kappa shape index (κ1) is 12.9. The zero-order valence-corrected chi connectivity index (χ0v) is 11.1. The fraction of sp³-hybridized carbons (Fsp3) is 0.533. The first-order valence-corrected chi connectivity index (χ1v) is 6.65. The summed E-state index contributed by atoms with van der Waals surface area (Å²) < 4.78 is 6.00. The summed E-state index contributed by atoms with van der Waals surface area (Å²) >= 11 is 0. The van der Waals surface area contributed by atoms with Crippen LogP contribution in [0, 0.1) is 5.92 Å². The molecule has 1 aliphatic rings. The molecule has 0 aliphatic heterocycles. The Balaban J connectivity index is 2.01. The van der Waals surface area contributed by atoms with Gasteiger partial charge in [0.15, 0.2) is 0 Å². The fourth-order valence-electron chi connectivity index (χ4n) is 2.39. The predicted molar refractivity (Wildman–Crippen MR) is 72.5 cm³/mol. The van der Waals surface area contributed by atoms with Crippen molar-refractivity contribution >= 4 is 5.71 Å². The molecule has 98 valence electrons. The Morgan fingerprint density at radius 3 is 2.67 bits per heavy atom. The lowest BCUT2D eigenvalue weighted by Gasteiger charge is -2.27. The Labute approximate surface area is 108 Å². The lowest BCUT2D eigenvalue weighted by atomic mass is 9.89. The number of hydrogen-bond donors (Lipinski definition) is 1. The standard InChI is InChI=1S/C15H21NO2/c1-11-6-8-14(9-7-11)18-15-5-3-4-13(10-15)12(2)16-17/h3-5,10-11,14,17H,6-9H2,1-2H3. The molecule has 1 N–H and O–H groups in total. The first-order chi connectivity index (χ1) is 8.69. The van der Waals surface area contributed by atoms with Crippen molar-refractivity contribution in [2.45, 2.75) is 45.6 Å². The van der Waals surface area contributed by atoms with E-state index >= 15 is 0 Å². The van der Waals surface area contributed by atoms with Gasteiger partial charge in [0.2, 0.25) is 0 Å². The Bertz CT molecular complexity index is 420. The van der Waals surface area contributed by atoms with E-state index in [9.17, 15) is 0 Å². The lowest BCUT2D eigenvalue weighted by molar-refractivity contribution is 0.135. The zero-order chi connectivity index (χ0) is 13.0. The van der Waals surface area contributed by atoms with Gasteiger partial charge in [0, 0.05) is 5.56 Å². The van der Waals surface area contributed by atoms with Crippen LogP contribution in [0.2, 0.25) is 0 Å². The summed E-state index contributed by atoms with van der Waals surface area (Å²) in [5.41, 5.74) is 1.51. The highest BCUT2D eigenvalue weighted by Gasteiger charge is 2.19. The second-order valence-electron chi connectivity index (χ2n) is 5.21. The van der Waals surface area contributed by atoms with Gasteiger partial charge in [-0.1, -0.05) is 24.2 Å². The van der Waals surface area contributed by atoms with Crippen molar-refractivity contribution in [2.24, 2.45) is 11.1 Å². The van der Waals surface area contributed by atoms with Gasteiger partial charge in [-0.2, -0.15) is 0 Å². The molecule has 1 aliphatic carbocycles. The molecule has 0 unspecified atom stereocenters. The minimum Gasteiger partial charge on any atom is -0.490 e. The number of hydrogen-bond acceptors (Lipinski definition) is 3. The van der Waals surface area contributed by atoms with Crippen LogP contribution in [0.25, 0.3) is 0 Å². The van der Waals surface area contributed by atoms with Crippen molar-refractivity contribution in [2.75, 3.05) is 0 Å². The van der Waals surface area contributed by atoms with Crippen molar-refractivity contribution in [3.63, 3.8) is 0 Å². The molecule has 3 heteroatoms. The third kappa shape index (κ3) is 3.25. The van der Waals surface area contributed by atoms with Gasteiger partial charge in [-0.15, -0.1) is 0 Å². The van der Waals surface area contributed by atoms with E-state index < -0.39 is 0 Å². The third-order valence-corrected chi connectivity index (χ3v) is 3.67. The van der Waals surface area contributed by atoms with Gasteiger partial charge >= 0.3 is 0 Å². The Hall–Kier alpha value is -1.51. The largest absolute Gasteiger partial charge is 0.490 e. The molecule has 0 bridgehead atoms. The maximum Gasteiger partial charge on any atom is 0.120 e. The molecule has 0 spiro atoms. The van der Waals surface area contributed by atoms with Crippen LogP contribution < -0.4 is 4.74 Å². The molecule has 0 radical (unpaired) electrons. The molecule has 18 heavy (non-hydrogen) atoms. The van der Waals surface area contributed by atoms with Crippen molar-refractivity contribution in [1.29, 1.82) is 0 Å². The minimum atomic E-state index is 0.336. The average molecular weight is 247 g/mol. The van der Waals surface area contributed by atoms with E-state index in [-0.39, 0.29) is 0 Å². The average Bonchev–Trinajstić information content (AvgIpc) is 2.41. The molecule has 0 atom stereocenters. The van der Waals surface area contributed by atoms with E-state index in [0.717, 1.165) is 30.1 Å². The molecule has 0 amide bonds. The van der Waals surface area contributed by atoms with Gasteiger partial charge in [-0.3, -0.25) is 0 Å². The third-order valence-electron chi connectivity index (χ3n) is 3.67. The van der Waals surface area contributed by atoms with Gasteiger partial charge in [-0.25, -0.2) is 0 Å². The molecule has 0 saturated heterocycles. The van der Waals surface area contributed by atoms with E-state index in [1.165, 1.54) is 12.8 Å². The molecule has 1 saturated carbocycles. The van der Waals surface area contributed by atoms with Gasteiger partial charge in [0.25, 0.3) is 0 Å². The lowest BCUT2D eigenvalue weighted by Crippen LogP contribution is -2.23. The highest BCUT2D eigenvalue weighted by molar-refractivity contribution is 5.98. The summed E-state index contributed by atoms with van der Waals surface area (Å²) in [6.07, 6.45) is 5.11. The van der Waals surface area contributed by atoms with Crippen LogP contribution in [0.3, 0.4) is 0 Å². The fourth-order valence-corrected chi connectivity index (χ4v) is 2.39. The van der Waals surface area contributed by atoms with E-state index in [1.807, 2.05) is 24.3 Å².